The Hall–Kier alpha value is -1.24. The second kappa shape index (κ2) is 6.47. The summed E-state index contributed by atoms with van der Waals surface area (Å²) in [6, 6.07) is 4.69. The Balaban J connectivity index is 2.58. The summed E-state index contributed by atoms with van der Waals surface area (Å²) in [6.07, 6.45) is 1.93. The van der Waals surface area contributed by atoms with Gasteiger partial charge in [0.25, 0.3) is 0 Å². The molecule has 1 aromatic heterocycles. The van der Waals surface area contributed by atoms with Crippen molar-refractivity contribution in [3.8, 4) is 11.4 Å². The molecule has 106 valence electrons. The zero-order valence-corrected chi connectivity index (χ0v) is 14.0. The molecular formula is C15H17FIN3. The van der Waals surface area contributed by atoms with Crippen LogP contribution in [0.5, 0.6) is 0 Å². The Morgan fingerprint density at radius 2 is 2.05 bits per heavy atom. The summed E-state index contributed by atoms with van der Waals surface area (Å²) >= 11 is 2.27. The molecule has 3 nitrogen and oxygen atoms in total. The second-order valence-corrected chi connectivity index (χ2v) is 5.69. The van der Waals surface area contributed by atoms with E-state index in [1.54, 1.807) is 6.07 Å². The van der Waals surface area contributed by atoms with Crippen molar-refractivity contribution in [2.45, 2.75) is 26.7 Å². The molecule has 0 saturated heterocycles. The molecule has 20 heavy (non-hydrogen) atoms. The Morgan fingerprint density at radius 3 is 2.65 bits per heavy atom. The molecule has 0 unspecified atom stereocenters. The third kappa shape index (κ3) is 3.08. The van der Waals surface area contributed by atoms with Crippen LogP contribution in [-0.2, 0) is 6.42 Å². The lowest BCUT2D eigenvalue weighted by Crippen LogP contribution is -2.06. The predicted molar refractivity (Wildman–Crippen MR) is 88.4 cm³/mol. The minimum Gasteiger partial charge on any atom is -0.372 e. The SMILES string of the molecule is CCCc1nc(-c2ccc(F)cc2C)nc(NC)c1I. The largest absolute Gasteiger partial charge is 0.372 e. The van der Waals surface area contributed by atoms with Crippen molar-refractivity contribution >= 4 is 28.4 Å². The van der Waals surface area contributed by atoms with Crippen LogP contribution < -0.4 is 5.32 Å². The summed E-state index contributed by atoms with van der Waals surface area (Å²) in [5.41, 5.74) is 2.75. The van der Waals surface area contributed by atoms with Crippen LogP contribution in [0.25, 0.3) is 11.4 Å². The average molecular weight is 385 g/mol. The van der Waals surface area contributed by atoms with E-state index >= 15 is 0 Å². The Bertz CT molecular complexity index is 629. The van der Waals surface area contributed by atoms with Gasteiger partial charge in [-0.1, -0.05) is 13.3 Å². The van der Waals surface area contributed by atoms with Crippen LogP contribution in [0.1, 0.15) is 24.6 Å². The standard InChI is InChI=1S/C15H17FIN3/c1-4-5-12-13(17)15(18-3)20-14(19-12)11-7-6-10(16)8-9(11)2/h6-8H,4-5H2,1-3H3,(H,18,19,20). The highest BCUT2D eigenvalue weighted by Crippen LogP contribution is 2.26. The lowest BCUT2D eigenvalue weighted by atomic mass is 10.1. The molecule has 0 aliphatic rings. The van der Waals surface area contributed by atoms with Gasteiger partial charge in [0.1, 0.15) is 11.6 Å². The van der Waals surface area contributed by atoms with Gasteiger partial charge < -0.3 is 5.32 Å². The summed E-state index contributed by atoms with van der Waals surface area (Å²) in [4.78, 5) is 9.19. The lowest BCUT2D eigenvalue weighted by molar-refractivity contribution is 0.627. The average Bonchev–Trinajstić information content (AvgIpc) is 2.41. The van der Waals surface area contributed by atoms with E-state index in [1.165, 1.54) is 12.1 Å². The van der Waals surface area contributed by atoms with Crippen molar-refractivity contribution in [1.82, 2.24) is 9.97 Å². The maximum atomic E-state index is 13.2. The van der Waals surface area contributed by atoms with Gasteiger partial charge >= 0.3 is 0 Å². The third-order valence-corrected chi connectivity index (χ3v) is 4.21. The van der Waals surface area contributed by atoms with Crippen LogP contribution in [0.15, 0.2) is 18.2 Å². The highest BCUT2D eigenvalue weighted by molar-refractivity contribution is 14.1. The van der Waals surface area contributed by atoms with E-state index in [4.69, 9.17) is 0 Å². The number of hydrogen-bond donors (Lipinski definition) is 1. The fraction of sp³-hybridized carbons (Fsp3) is 0.333. The molecule has 0 amide bonds. The molecular weight excluding hydrogens is 368 g/mol. The van der Waals surface area contributed by atoms with Crippen LogP contribution >= 0.6 is 22.6 Å². The van der Waals surface area contributed by atoms with Crippen LogP contribution in [0, 0.1) is 16.3 Å². The fourth-order valence-electron chi connectivity index (χ4n) is 2.06. The van der Waals surface area contributed by atoms with Crippen molar-refractivity contribution in [1.29, 1.82) is 0 Å². The third-order valence-electron chi connectivity index (χ3n) is 3.07. The van der Waals surface area contributed by atoms with E-state index in [1.807, 2.05) is 14.0 Å². The van der Waals surface area contributed by atoms with Crippen molar-refractivity contribution in [3.63, 3.8) is 0 Å². The molecule has 0 aliphatic carbocycles. The van der Waals surface area contributed by atoms with Crippen molar-refractivity contribution in [3.05, 3.63) is 38.8 Å². The van der Waals surface area contributed by atoms with Gasteiger partial charge in [0.05, 0.1) is 9.26 Å². The van der Waals surface area contributed by atoms with Crippen molar-refractivity contribution < 1.29 is 4.39 Å². The number of rotatable bonds is 4. The van der Waals surface area contributed by atoms with Crippen LogP contribution in [0.2, 0.25) is 0 Å². The smallest absolute Gasteiger partial charge is 0.162 e. The Kier molecular flexibility index (Phi) is 4.91. The van der Waals surface area contributed by atoms with E-state index in [0.29, 0.717) is 5.82 Å². The van der Waals surface area contributed by atoms with E-state index in [2.05, 4.69) is 44.8 Å². The highest BCUT2D eigenvalue weighted by atomic mass is 127. The maximum absolute atomic E-state index is 13.2. The summed E-state index contributed by atoms with van der Waals surface area (Å²) in [7, 11) is 1.85. The number of aryl methyl sites for hydroxylation is 2. The minimum atomic E-state index is -0.237. The Morgan fingerprint density at radius 1 is 1.30 bits per heavy atom. The number of halogens is 2. The van der Waals surface area contributed by atoms with Gasteiger partial charge in [0.2, 0.25) is 0 Å². The molecule has 1 heterocycles. The molecule has 0 fully saturated rings. The first-order chi connectivity index (χ1) is 9.56. The van der Waals surface area contributed by atoms with Gasteiger partial charge in [-0.3, -0.25) is 0 Å². The zero-order chi connectivity index (χ0) is 14.7. The minimum absolute atomic E-state index is 0.237. The fourth-order valence-corrected chi connectivity index (χ4v) is 2.84. The Labute approximate surface area is 132 Å². The van der Waals surface area contributed by atoms with Gasteiger partial charge in [-0.05, 0) is 59.7 Å². The predicted octanol–water partition coefficient (Wildman–Crippen LogP) is 4.19. The second-order valence-electron chi connectivity index (χ2n) is 4.62. The topological polar surface area (TPSA) is 37.8 Å². The van der Waals surface area contributed by atoms with Gasteiger partial charge in [-0.2, -0.15) is 0 Å². The summed E-state index contributed by atoms with van der Waals surface area (Å²) in [5, 5.41) is 3.10. The molecule has 0 bridgehead atoms. The van der Waals surface area contributed by atoms with E-state index < -0.39 is 0 Å². The number of nitrogens with zero attached hydrogens (tertiary/aromatic N) is 2. The number of aromatic nitrogens is 2. The monoisotopic (exact) mass is 385 g/mol. The normalized spacial score (nSPS) is 10.7. The molecule has 0 saturated carbocycles. The lowest BCUT2D eigenvalue weighted by Gasteiger charge is -2.12. The summed E-state index contributed by atoms with van der Waals surface area (Å²) in [5.74, 6) is 1.23. The number of benzene rings is 1. The molecule has 0 spiro atoms. The van der Waals surface area contributed by atoms with Crippen LogP contribution in [0.3, 0.4) is 0 Å². The van der Waals surface area contributed by atoms with E-state index in [0.717, 1.165) is 39.1 Å². The molecule has 0 radical (unpaired) electrons. The van der Waals surface area contributed by atoms with Crippen LogP contribution in [0.4, 0.5) is 10.2 Å². The highest BCUT2D eigenvalue weighted by Gasteiger charge is 2.13. The molecule has 2 rings (SSSR count). The van der Waals surface area contributed by atoms with Crippen LogP contribution in [-0.4, -0.2) is 17.0 Å². The molecule has 0 atom stereocenters. The van der Waals surface area contributed by atoms with Gasteiger partial charge in [-0.15, -0.1) is 0 Å². The molecule has 2 aromatic rings. The zero-order valence-electron chi connectivity index (χ0n) is 11.8. The van der Waals surface area contributed by atoms with E-state index in [9.17, 15) is 4.39 Å². The number of nitrogens with one attached hydrogen (secondary N) is 1. The van der Waals surface area contributed by atoms with E-state index in [-0.39, 0.29) is 5.82 Å². The van der Waals surface area contributed by atoms with Crippen molar-refractivity contribution in [2.75, 3.05) is 12.4 Å². The van der Waals surface area contributed by atoms with Gasteiger partial charge in [-0.25, -0.2) is 14.4 Å². The quantitative estimate of drug-likeness (QED) is 0.803. The molecule has 1 N–H and O–H groups in total. The first-order valence-corrected chi connectivity index (χ1v) is 7.65. The van der Waals surface area contributed by atoms with Gasteiger partial charge in [0.15, 0.2) is 5.82 Å². The summed E-state index contributed by atoms with van der Waals surface area (Å²) < 4.78 is 14.3. The number of hydrogen-bond acceptors (Lipinski definition) is 3. The maximum Gasteiger partial charge on any atom is 0.162 e. The molecule has 0 aliphatic heterocycles. The number of anilines is 1. The van der Waals surface area contributed by atoms with Gasteiger partial charge in [0, 0.05) is 12.6 Å². The first-order valence-electron chi connectivity index (χ1n) is 6.57. The first kappa shape index (κ1) is 15.2. The molecule has 1 aromatic carbocycles. The van der Waals surface area contributed by atoms with Crippen molar-refractivity contribution in [2.24, 2.45) is 0 Å². The summed E-state index contributed by atoms with van der Waals surface area (Å²) in [6.45, 7) is 4.00. The molecule has 5 heteroatoms.